The standard InChI is InChI=1S/C12H20N2O4/c1-8(15)13-6-5-11(16)14-10-4-2-3-9(7-10)12(17)18/h9-10H,2-7H2,1H3,(H,13,15)(H,14,16)(H,17,18). The molecule has 0 aromatic rings. The van der Waals surface area contributed by atoms with Gasteiger partial charge in [-0.3, -0.25) is 14.4 Å². The molecule has 0 spiro atoms. The van der Waals surface area contributed by atoms with Gasteiger partial charge >= 0.3 is 5.97 Å². The summed E-state index contributed by atoms with van der Waals surface area (Å²) in [5, 5.41) is 14.3. The fraction of sp³-hybridized carbons (Fsp3) is 0.750. The monoisotopic (exact) mass is 256 g/mol. The number of aliphatic carboxylic acids is 1. The molecule has 0 bridgehead atoms. The third-order valence-corrected chi connectivity index (χ3v) is 3.11. The predicted molar refractivity (Wildman–Crippen MR) is 64.8 cm³/mol. The molecule has 0 aromatic carbocycles. The lowest BCUT2D eigenvalue weighted by Crippen LogP contribution is -2.41. The van der Waals surface area contributed by atoms with Gasteiger partial charge in [0.05, 0.1) is 5.92 Å². The van der Waals surface area contributed by atoms with Crippen molar-refractivity contribution >= 4 is 17.8 Å². The van der Waals surface area contributed by atoms with E-state index in [1.807, 2.05) is 0 Å². The second-order valence-electron chi connectivity index (χ2n) is 4.70. The topological polar surface area (TPSA) is 95.5 Å². The maximum absolute atomic E-state index is 11.6. The lowest BCUT2D eigenvalue weighted by Gasteiger charge is -2.27. The van der Waals surface area contributed by atoms with Gasteiger partial charge in [-0.15, -0.1) is 0 Å². The zero-order chi connectivity index (χ0) is 13.5. The van der Waals surface area contributed by atoms with Crippen LogP contribution in [-0.2, 0) is 14.4 Å². The number of carbonyl (C=O) groups excluding carboxylic acids is 2. The summed E-state index contributed by atoms with van der Waals surface area (Å²) in [7, 11) is 0. The molecule has 2 unspecified atom stereocenters. The zero-order valence-electron chi connectivity index (χ0n) is 10.6. The summed E-state index contributed by atoms with van der Waals surface area (Å²) in [6.07, 6.45) is 3.08. The van der Waals surface area contributed by atoms with E-state index in [2.05, 4.69) is 10.6 Å². The van der Waals surface area contributed by atoms with Gasteiger partial charge in [0, 0.05) is 25.9 Å². The van der Waals surface area contributed by atoms with E-state index in [0.717, 1.165) is 12.8 Å². The van der Waals surface area contributed by atoms with E-state index < -0.39 is 5.97 Å². The number of hydrogen-bond acceptors (Lipinski definition) is 3. The Balaban J connectivity index is 2.26. The summed E-state index contributed by atoms with van der Waals surface area (Å²) in [6, 6.07) is -0.0512. The summed E-state index contributed by atoms with van der Waals surface area (Å²) in [5.74, 6) is -1.43. The largest absolute Gasteiger partial charge is 0.481 e. The SMILES string of the molecule is CC(=O)NCCC(=O)NC1CCCC(C(=O)O)C1. The lowest BCUT2D eigenvalue weighted by atomic mass is 9.86. The number of carbonyl (C=O) groups is 3. The molecule has 1 saturated carbocycles. The van der Waals surface area contributed by atoms with E-state index in [-0.39, 0.29) is 30.2 Å². The summed E-state index contributed by atoms with van der Waals surface area (Å²) < 4.78 is 0. The Labute approximate surface area is 106 Å². The van der Waals surface area contributed by atoms with Crippen molar-refractivity contribution in [3.8, 4) is 0 Å². The molecule has 0 radical (unpaired) electrons. The minimum absolute atomic E-state index is 0.0512. The fourth-order valence-electron chi connectivity index (χ4n) is 2.20. The highest BCUT2D eigenvalue weighted by atomic mass is 16.4. The van der Waals surface area contributed by atoms with Gasteiger partial charge in [-0.25, -0.2) is 0 Å². The molecule has 0 saturated heterocycles. The van der Waals surface area contributed by atoms with E-state index in [9.17, 15) is 14.4 Å². The highest BCUT2D eigenvalue weighted by Gasteiger charge is 2.27. The summed E-state index contributed by atoms with van der Waals surface area (Å²) in [6.45, 7) is 1.72. The average Bonchev–Trinajstić information content (AvgIpc) is 2.28. The van der Waals surface area contributed by atoms with Crippen LogP contribution in [0.5, 0.6) is 0 Å². The molecule has 3 N–H and O–H groups in total. The average molecular weight is 256 g/mol. The van der Waals surface area contributed by atoms with Gasteiger partial charge in [-0.05, 0) is 19.3 Å². The van der Waals surface area contributed by atoms with E-state index >= 15 is 0 Å². The van der Waals surface area contributed by atoms with Gasteiger partial charge in [0.15, 0.2) is 0 Å². The number of amides is 2. The van der Waals surface area contributed by atoms with Crippen LogP contribution >= 0.6 is 0 Å². The van der Waals surface area contributed by atoms with Crippen LogP contribution in [0.25, 0.3) is 0 Å². The second kappa shape index (κ2) is 6.98. The molecule has 0 aliphatic heterocycles. The van der Waals surface area contributed by atoms with Crippen molar-refractivity contribution < 1.29 is 19.5 Å². The molecule has 102 valence electrons. The molecule has 1 rings (SSSR count). The Morgan fingerprint density at radius 3 is 2.61 bits per heavy atom. The van der Waals surface area contributed by atoms with Crippen LogP contribution in [0.1, 0.15) is 39.0 Å². The Morgan fingerprint density at radius 1 is 1.28 bits per heavy atom. The molecule has 1 fully saturated rings. The van der Waals surface area contributed by atoms with Crippen LogP contribution in [-0.4, -0.2) is 35.5 Å². The van der Waals surface area contributed by atoms with E-state index in [1.165, 1.54) is 6.92 Å². The minimum Gasteiger partial charge on any atom is -0.481 e. The predicted octanol–water partition coefficient (Wildman–Crippen LogP) is 0.272. The number of hydrogen-bond donors (Lipinski definition) is 3. The van der Waals surface area contributed by atoms with Crippen molar-refractivity contribution in [2.75, 3.05) is 6.54 Å². The smallest absolute Gasteiger partial charge is 0.306 e. The molecular weight excluding hydrogens is 236 g/mol. The molecule has 0 aromatic heterocycles. The summed E-state index contributed by atoms with van der Waals surface area (Å²) in [4.78, 5) is 33.1. The Hall–Kier alpha value is -1.59. The first-order chi connectivity index (χ1) is 8.49. The molecule has 1 aliphatic carbocycles. The zero-order valence-corrected chi connectivity index (χ0v) is 10.6. The number of carboxylic acid groups (broad SMARTS) is 1. The van der Waals surface area contributed by atoms with Crippen LogP contribution in [0, 0.1) is 5.92 Å². The van der Waals surface area contributed by atoms with Crippen LogP contribution in [0.15, 0.2) is 0 Å². The van der Waals surface area contributed by atoms with E-state index in [1.54, 1.807) is 0 Å². The van der Waals surface area contributed by atoms with Gasteiger partial charge in [-0.2, -0.15) is 0 Å². The van der Waals surface area contributed by atoms with Gasteiger partial charge in [0.1, 0.15) is 0 Å². The third-order valence-electron chi connectivity index (χ3n) is 3.11. The van der Waals surface area contributed by atoms with Crippen LogP contribution in [0.3, 0.4) is 0 Å². The molecule has 2 amide bonds. The highest BCUT2D eigenvalue weighted by molar-refractivity contribution is 5.78. The summed E-state index contributed by atoms with van der Waals surface area (Å²) >= 11 is 0. The minimum atomic E-state index is -0.785. The fourth-order valence-corrected chi connectivity index (χ4v) is 2.20. The first-order valence-electron chi connectivity index (χ1n) is 6.25. The van der Waals surface area contributed by atoms with Gasteiger partial charge < -0.3 is 15.7 Å². The number of rotatable bonds is 5. The van der Waals surface area contributed by atoms with Gasteiger partial charge in [0.2, 0.25) is 11.8 Å². The van der Waals surface area contributed by atoms with Crippen LogP contribution in [0.2, 0.25) is 0 Å². The maximum atomic E-state index is 11.6. The van der Waals surface area contributed by atoms with Crippen molar-refractivity contribution in [1.29, 1.82) is 0 Å². The Morgan fingerprint density at radius 2 is 2.00 bits per heavy atom. The lowest BCUT2D eigenvalue weighted by molar-refractivity contribution is -0.143. The van der Waals surface area contributed by atoms with Crippen LogP contribution < -0.4 is 10.6 Å². The second-order valence-corrected chi connectivity index (χ2v) is 4.70. The van der Waals surface area contributed by atoms with Crippen molar-refractivity contribution in [2.45, 2.75) is 45.1 Å². The summed E-state index contributed by atoms with van der Waals surface area (Å²) in [5.41, 5.74) is 0. The molecule has 1 aliphatic rings. The third kappa shape index (κ3) is 5.16. The highest BCUT2D eigenvalue weighted by Crippen LogP contribution is 2.24. The van der Waals surface area contributed by atoms with Gasteiger partial charge in [-0.1, -0.05) is 6.42 Å². The Kier molecular flexibility index (Phi) is 5.61. The van der Waals surface area contributed by atoms with E-state index in [4.69, 9.17) is 5.11 Å². The number of carboxylic acids is 1. The molecule has 6 heteroatoms. The molecule has 2 atom stereocenters. The molecule has 6 nitrogen and oxygen atoms in total. The molecular formula is C12H20N2O4. The van der Waals surface area contributed by atoms with Crippen LogP contribution in [0.4, 0.5) is 0 Å². The first kappa shape index (κ1) is 14.5. The number of nitrogens with one attached hydrogen (secondary N) is 2. The molecule has 0 heterocycles. The van der Waals surface area contributed by atoms with Crippen molar-refractivity contribution in [1.82, 2.24) is 10.6 Å². The quantitative estimate of drug-likeness (QED) is 0.658. The first-order valence-corrected chi connectivity index (χ1v) is 6.25. The van der Waals surface area contributed by atoms with Crippen molar-refractivity contribution in [3.63, 3.8) is 0 Å². The molecule has 18 heavy (non-hydrogen) atoms. The van der Waals surface area contributed by atoms with E-state index in [0.29, 0.717) is 19.4 Å². The Bertz CT molecular complexity index is 330. The maximum Gasteiger partial charge on any atom is 0.306 e. The van der Waals surface area contributed by atoms with Gasteiger partial charge in [0.25, 0.3) is 0 Å². The van der Waals surface area contributed by atoms with Crippen molar-refractivity contribution in [2.24, 2.45) is 5.92 Å². The van der Waals surface area contributed by atoms with Crippen molar-refractivity contribution in [3.05, 3.63) is 0 Å². The normalized spacial score (nSPS) is 23.2.